The molecule has 0 fully saturated rings. The van der Waals surface area contributed by atoms with Gasteiger partial charge in [-0.2, -0.15) is 13.2 Å². The standard InChI is InChI=1S/C16H15F3O2/c1-10(2)21-15-8-12(7-14(20)9-15)11-4-3-5-13(6-11)16(17,18)19/h3-10,20H,1-2H3. The van der Waals surface area contributed by atoms with Crippen LogP contribution < -0.4 is 4.74 Å². The van der Waals surface area contributed by atoms with Crippen LogP contribution >= 0.6 is 0 Å². The summed E-state index contributed by atoms with van der Waals surface area (Å²) in [4.78, 5) is 0. The third kappa shape index (κ3) is 3.90. The summed E-state index contributed by atoms with van der Waals surface area (Å²) in [5.74, 6) is 0.359. The Morgan fingerprint density at radius 2 is 1.71 bits per heavy atom. The number of hydrogen-bond donors (Lipinski definition) is 1. The number of halogens is 3. The maximum Gasteiger partial charge on any atom is 0.416 e. The molecule has 0 amide bonds. The average molecular weight is 296 g/mol. The van der Waals surface area contributed by atoms with Gasteiger partial charge in [-0.25, -0.2) is 0 Å². The molecule has 2 nitrogen and oxygen atoms in total. The molecule has 0 bridgehead atoms. The number of rotatable bonds is 3. The lowest BCUT2D eigenvalue weighted by molar-refractivity contribution is -0.137. The van der Waals surface area contributed by atoms with E-state index in [1.54, 1.807) is 12.1 Å². The fraction of sp³-hybridized carbons (Fsp3) is 0.250. The van der Waals surface area contributed by atoms with Gasteiger partial charge in [0, 0.05) is 6.07 Å². The molecule has 1 N–H and O–H groups in total. The molecule has 0 atom stereocenters. The predicted octanol–water partition coefficient (Wildman–Crippen LogP) is 4.87. The van der Waals surface area contributed by atoms with Crippen LogP contribution in [0.15, 0.2) is 42.5 Å². The van der Waals surface area contributed by atoms with E-state index in [-0.39, 0.29) is 11.9 Å². The second kappa shape index (κ2) is 5.68. The molecule has 0 aromatic heterocycles. The predicted molar refractivity (Wildman–Crippen MR) is 74.3 cm³/mol. The van der Waals surface area contributed by atoms with E-state index in [4.69, 9.17) is 4.74 Å². The van der Waals surface area contributed by atoms with Crippen LogP contribution in [-0.2, 0) is 6.18 Å². The van der Waals surface area contributed by atoms with Crippen LogP contribution in [0.2, 0.25) is 0 Å². The van der Waals surface area contributed by atoms with Crippen molar-refractivity contribution in [3.05, 3.63) is 48.0 Å². The first-order chi connectivity index (χ1) is 9.75. The van der Waals surface area contributed by atoms with Crippen LogP contribution in [-0.4, -0.2) is 11.2 Å². The molecule has 0 aliphatic rings. The Labute approximate surface area is 120 Å². The van der Waals surface area contributed by atoms with Crippen molar-refractivity contribution in [1.82, 2.24) is 0 Å². The molecule has 0 unspecified atom stereocenters. The monoisotopic (exact) mass is 296 g/mol. The van der Waals surface area contributed by atoms with E-state index in [0.717, 1.165) is 12.1 Å². The highest BCUT2D eigenvalue weighted by Crippen LogP contribution is 2.34. The van der Waals surface area contributed by atoms with Crippen molar-refractivity contribution in [2.24, 2.45) is 0 Å². The van der Waals surface area contributed by atoms with Gasteiger partial charge in [-0.3, -0.25) is 0 Å². The van der Waals surface area contributed by atoms with E-state index in [0.29, 0.717) is 16.9 Å². The minimum absolute atomic E-state index is 0.0550. The topological polar surface area (TPSA) is 29.5 Å². The number of benzene rings is 2. The Morgan fingerprint density at radius 1 is 1.00 bits per heavy atom. The molecule has 0 saturated heterocycles. The third-order valence-electron chi connectivity index (χ3n) is 2.79. The highest BCUT2D eigenvalue weighted by Gasteiger charge is 2.30. The van der Waals surface area contributed by atoms with Crippen LogP contribution in [0.5, 0.6) is 11.5 Å². The number of hydrogen-bond acceptors (Lipinski definition) is 2. The lowest BCUT2D eigenvalue weighted by atomic mass is 10.0. The van der Waals surface area contributed by atoms with Gasteiger partial charge >= 0.3 is 6.18 Å². The quantitative estimate of drug-likeness (QED) is 0.876. The van der Waals surface area contributed by atoms with Gasteiger partial charge in [0.2, 0.25) is 0 Å². The van der Waals surface area contributed by atoms with Crippen molar-refractivity contribution < 1.29 is 23.0 Å². The van der Waals surface area contributed by atoms with E-state index in [1.165, 1.54) is 18.2 Å². The third-order valence-corrected chi connectivity index (χ3v) is 2.79. The molecule has 0 saturated carbocycles. The Hall–Kier alpha value is -2.17. The zero-order valence-electron chi connectivity index (χ0n) is 11.6. The second-order valence-electron chi connectivity index (χ2n) is 4.96. The minimum atomic E-state index is -4.40. The summed E-state index contributed by atoms with van der Waals surface area (Å²) in [6.07, 6.45) is -4.49. The average Bonchev–Trinajstić information content (AvgIpc) is 2.36. The summed E-state index contributed by atoms with van der Waals surface area (Å²) < 4.78 is 43.7. The lowest BCUT2D eigenvalue weighted by Crippen LogP contribution is -2.05. The number of phenolic OH excluding ortho intramolecular Hbond substituents is 1. The zero-order valence-corrected chi connectivity index (χ0v) is 11.6. The van der Waals surface area contributed by atoms with E-state index in [9.17, 15) is 18.3 Å². The van der Waals surface area contributed by atoms with Crippen molar-refractivity contribution >= 4 is 0 Å². The maximum atomic E-state index is 12.7. The van der Waals surface area contributed by atoms with Crippen LogP contribution in [0, 0.1) is 0 Å². The molecule has 0 spiro atoms. The van der Waals surface area contributed by atoms with E-state index in [1.807, 2.05) is 13.8 Å². The van der Waals surface area contributed by atoms with Crippen LogP contribution in [0.25, 0.3) is 11.1 Å². The van der Waals surface area contributed by atoms with Gasteiger partial charge in [0.15, 0.2) is 0 Å². The Bertz CT molecular complexity index is 634. The molecule has 2 rings (SSSR count). The van der Waals surface area contributed by atoms with Crippen LogP contribution in [0.4, 0.5) is 13.2 Å². The summed E-state index contributed by atoms with van der Waals surface area (Å²) in [7, 11) is 0. The van der Waals surface area contributed by atoms with Gasteiger partial charge in [-0.1, -0.05) is 12.1 Å². The van der Waals surface area contributed by atoms with Gasteiger partial charge in [-0.05, 0) is 49.2 Å². The molecule has 0 radical (unpaired) electrons. The van der Waals surface area contributed by atoms with Crippen LogP contribution in [0.3, 0.4) is 0 Å². The fourth-order valence-corrected chi connectivity index (χ4v) is 1.97. The minimum Gasteiger partial charge on any atom is -0.508 e. The molecule has 0 aliphatic heterocycles. The largest absolute Gasteiger partial charge is 0.508 e. The first kappa shape index (κ1) is 15.2. The smallest absolute Gasteiger partial charge is 0.416 e. The number of phenols is 1. The molecule has 2 aromatic rings. The molecular formula is C16H15F3O2. The van der Waals surface area contributed by atoms with Crippen molar-refractivity contribution in [2.45, 2.75) is 26.1 Å². The number of alkyl halides is 3. The molecule has 21 heavy (non-hydrogen) atoms. The van der Waals surface area contributed by atoms with E-state index < -0.39 is 11.7 Å². The van der Waals surface area contributed by atoms with Crippen molar-refractivity contribution in [1.29, 1.82) is 0 Å². The van der Waals surface area contributed by atoms with Crippen LogP contribution in [0.1, 0.15) is 19.4 Å². The van der Waals surface area contributed by atoms with Gasteiger partial charge < -0.3 is 9.84 Å². The maximum absolute atomic E-state index is 12.7. The fourth-order valence-electron chi connectivity index (χ4n) is 1.97. The molecule has 2 aromatic carbocycles. The Morgan fingerprint density at radius 3 is 2.33 bits per heavy atom. The normalized spacial score (nSPS) is 11.7. The Balaban J connectivity index is 2.44. The SMILES string of the molecule is CC(C)Oc1cc(O)cc(-c2cccc(C(F)(F)F)c2)c1. The summed E-state index contributed by atoms with van der Waals surface area (Å²) in [5, 5.41) is 9.70. The van der Waals surface area contributed by atoms with Gasteiger partial charge in [0.05, 0.1) is 11.7 Å². The summed E-state index contributed by atoms with van der Waals surface area (Å²) >= 11 is 0. The van der Waals surface area contributed by atoms with Gasteiger partial charge in [0.1, 0.15) is 11.5 Å². The van der Waals surface area contributed by atoms with Gasteiger partial charge in [0.25, 0.3) is 0 Å². The molecule has 112 valence electrons. The summed E-state index contributed by atoms with van der Waals surface area (Å²) in [6, 6.07) is 9.40. The number of aromatic hydroxyl groups is 1. The van der Waals surface area contributed by atoms with E-state index in [2.05, 4.69) is 0 Å². The first-order valence-electron chi connectivity index (χ1n) is 6.44. The lowest BCUT2D eigenvalue weighted by Gasteiger charge is -2.13. The highest BCUT2D eigenvalue weighted by atomic mass is 19.4. The Kier molecular flexibility index (Phi) is 4.11. The molecule has 0 aliphatic carbocycles. The number of ether oxygens (including phenoxy) is 1. The second-order valence-corrected chi connectivity index (χ2v) is 4.96. The molecule has 0 heterocycles. The van der Waals surface area contributed by atoms with Crippen molar-refractivity contribution in [3.8, 4) is 22.6 Å². The molecular weight excluding hydrogens is 281 g/mol. The first-order valence-corrected chi connectivity index (χ1v) is 6.44. The summed E-state index contributed by atoms with van der Waals surface area (Å²) in [6.45, 7) is 3.65. The van der Waals surface area contributed by atoms with Crippen molar-refractivity contribution in [2.75, 3.05) is 0 Å². The zero-order chi connectivity index (χ0) is 15.6. The van der Waals surface area contributed by atoms with E-state index >= 15 is 0 Å². The molecule has 5 heteroatoms. The van der Waals surface area contributed by atoms with Gasteiger partial charge in [-0.15, -0.1) is 0 Å². The summed E-state index contributed by atoms with van der Waals surface area (Å²) in [5.41, 5.74) is 0.112. The van der Waals surface area contributed by atoms with Crippen molar-refractivity contribution in [3.63, 3.8) is 0 Å². The highest BCUT2D eigenvalue weighted by molar-refractivity contribution is 5.68.